The number of likely N-dealkylation sites (N-methyl/N-ethyl adjacent to an activating group) is 1. The van der Waals surface area contributed by atoms with Crippen molar-refractivity contribution in [1.82, 2.24) is 4.90 Å². The van der Waals surface area contributed by atoms with Gasteiger partial charge in [-0.3, -0.25) is 9.69 Å². The third-order valence-electron chi connectivity index (χ3n) is 5.21. The van der Waals surface area contributed by atoms with Gasteiger partial charge < -0.3 is 14.6 Å². The topological polar surface area (TPSA) is 59.0 Å². The first-order valence-corrected chi connectivity index (χ1v) is 11.4. The van der Waals surface area contributed by atoms with Crippen LogP contribution in [0, 0.1) is 0 Å². The first-order chi connectivity index (χ1) is 15.9. The van der Waals surface area contributed by atoms with E-state index in [1.165, 1.54) is 0 Å². The second kappa shape index (κ2) is 12.6. The fraction of sp³-hybridized carbons (Fsp3) is 0.269. The first-order valence-electron chi connectivity index (χ1n) is 10.6. The van der Waals surface area contributed by atoms with Crippen LogP contribution in [0.25, 0.3) is 0 Å². The summed E-state index contributed by atoms with van der Waals surface area (Å²) >= 11 is 12.0. The molecule has 0 aliphatic heterocycles. The number of halogens is 2. The summed E-state index contributed by atoms with van der Waals surface area (Å²) in [6, 6.07) is 23.0. The fourth-order valence-corrected chi connectivity index (χ4v) is 3.68. The van der Waals surface area contributed by atoms with Gasteiger partial charge in [0.1, 0.15) is 12.4 Å². The normalized spacial score (nSPS) is 12.0. The van der Waals surface area contributed by atoms with E-state index in [2.05, 4.69) is 0 Å². The number of ether oxygens (including phenoxy) is 2. The van der Waals surface area contributed by atoms with Gasteiger partial charge in [0.05, 0.1) is 29.8 Å². The SMILES string of the molecule is CN(CC(=O)O)[C@H](COCc1ccccc1)Cc1ccc(OCc2ccc(Cl)c(Cl)c2)cc1. The monoisotopic (exact) mass is 487 g/mol. The number of nitrogens with zero attached hydrogens (tertiary/aromatic N) is 1. The molecule has 3 rings (SSSR count). The molecule has 0 aliphatic carbocycles. The summed E-state index contributed by atoms with van der Waals surface area (Å²) in [6.07, 6.45) is 0.658. The fourth-order valence-electron chi connectivity index (χ4n) is 3.36. The molecule has 7 heteroatoms. The zero-order valence-electron chi connectivity index (χ0n) is 18.4. The van der Waals surface area contributed by atoms with Crippen molar-refractivity contribution in [3.05, 3.63) is 99.5 Å². The van der Waals surface area contributed by atoms with Gasteiger partial charge in [-0.25, -0.2) is 0 Å². The van der Waals surface area contributed by atoms with Crippen molar-refractivity contribution in [2.45, 2.75) is 25.7 Å². The van der Waals surface area contributed by atoms with Crippen molar-refractivity contribution in [1.29, 1.82) is 0 Å². The van der Waals surface area contributed by atoms with Crippen LogP contribution in [0.4, 0.5) is 0 Å². The Bertz CT molecular complexity index is 1030. The lowest BCUT2D eigenvalue weighted by Gasteiger charge is -2.27. The third-order valence-corrected chi connectivity index (χ3v) is 5.95. The largest absolute Gasteiger partial charge is 0.489 e. The van der Waals surface area contributed by atoms with Crippen LogP contribution in [0.5, 0.6) is 5.75 Å². The van der Waals surface area contributed by atoms with Gasteiger partial charge in [0, 0.05) is 6.04 Å². The van der Waals surface area contributed by atoms with Gasteiger partial charge in [-0.1, -0.05) is 71.7 Å². The van der Waals surface area contributed by atoms with Gasteiger partial charge in [0.15, 0.2) is 0 Å². The molecule has 0 radical (unpaired) electrons. The van der Waals surface area contributed by atoms with Gasteiger partial charge >= 0.3 is 5.97 Å². The van der Waals surface area contributed by atoms with Crippen molar-refractivity contribution in [3.8, 4) is 5.75 Å². The Labute approximate surface area is 204 Å². The molecular weight excluding hydrogens is 461 g/mol. The van der Waals surface area contributed by atoms with E-state index in [1.807, 2.05) is 65.6 Å². The average molecular weight is 488 g/mol. The molecule has 0 aliphatic rings. The number of hydrogen-bond acceptors (Lipinski definition) is 4. The molecule has 0 amide bonds. The zero-order chi connectivity index (χ0) is 23.6. The molecular formula is C26H27Cl2NO4. The summed E-state index contributed by atoms with van der Waals surface area (Å²) in [5.74, 6) is -0.128. The van der Waals surface area contributed by atoms with Gasteiger partial charge in [0.25, 0.3) is 0 Å². The van der Waals surface area contributed by atoms with Crippen LogP contribution >= 0.6 is 23.2 Å². The molecule has 0 saturated heterocycles. The molecule has 3 aromatic rings. The van der Waals surface area contributed by atoms with Crippen LogP contribution in [0.1, 0.15) is 16.7 Å². The highest BCUT2D eigenvalue weighted by Gasteiger charge is 2.18. The van der Waals surface area contributed by atoms with Crippen LogP contribution in [0.2, 0.25) is 10.0 Å². The van der Waals surface area contributed by atoms with Crippen molar-refractivity contribution < 1.29 is 19.4 Å². The summed E-state index contributed by atoms with van der Waals surface area (Å²) in [7, 11) is 1.80. The molecule has 0 bridgehead atoms. The summed E-state index contributed by atoms with van der Waals surface area (Å²) < 4.78 is 11.8. The van der Waals surface area contributed by atoms with E-state index in [4.69, 9.17) is 32.7 Å². The summed E-state index contributed by atoms with van der Waals surface area (Å²) in [5, 5.41) is 10.2. The lowest BCUT2D eigenvalue weighted by atomic mass is 10.1. The predicted molar refractivity (Wildman–Crippen MR) is 131 cm³/mol. The van der Waals surface area contributed by atoms with Crippen molar-refractivity contribution in [3.63, 3.8) is 0 Å². The van der Waals surface area contributed by atoms with E-state index < -0.39 is 5.97 Å². The van der Waals surface area contributed by atoms with E-state index in [9.17, 15) is 9.90 Å². The maximum atomic E-state index is 11.2. The number of hydrogen-bond donors (Lipinski definition) is 1. The standard InChI is InChI=1S/C26H27Cl2NO4/c1-29(15-26(30)31)22(18-32-16-20-5-3-2-4-6-20)13-19-7-10-23(11-8-19)33-17-21-9-12-24(27)25(28)14-21/h2-12,14,22H,13,15-18H2,1H3,(H,30,31)/t22-/m0/s1. The molecule has 0 saturated carbocycles. The van der Waals surface area contributed by atoms with Gasteiger partial charge in [-0.2, -0.15) is 0 Å². The highest BCUT2D eigenvalue weighted by Crippen LogP contribution is 2.24. The van der Waals surface area contributed by atoms with Crippen molar-refractivity contribution >= 4 is 29.2 Å². The second-order valence-corrected chi connectivity index (χ2v) is 8.66. The minimum atomic E-state index is -0.864. The van der Waals surface area contributed by atoms with Crippen LogP contribution in [-0.4, -0.2) is 42.2 Å². The highest BCUT2D eigenvalue weighted by molar-refractivity contribution is 6.42. The molecule has 1 N–H and O–H groups in total. The Morgan fingerprint density at radius 1 is 0.909 bits per heavy atom. The van der Waals surface area contributed by atoms with E-state index in [0.717, 1.165) is 22.4 Å². The predicted octanol–water partition coefficient (Wildman–Crippen LogP) is 5.72. The maximum Gasteiger partial charge on any atom is 0.317 e. The lowest BCUT2D eigenvalue weighted by molar-refractivity contribution is -0.138. The first kappa shape index (κ1) is 25.1. The van der Waals surface area contributed by atoms with E-state index >= 15 is 0 Å². The summed E-state index contributed by atoms with van der Waals surface area (Å²) in [6.45, 7) is 1.24. The quantitative estimate of drug-likeness (QED) is 0.354. The number of aliphatic carboxylic acids is 1. The molecule has 0 unspecified atom stereocenters. The number of carbonyl (C=O) groups is 1. The van der Waals surface area contributed by atoms with E-state index in [0.29, 0.717) is 36.3 Å². The Hall–Kier alpha value is -2.57. The molecule has 0 spiro atoms. The summed E-state index contributed by atoms with van der Waals surface area (Å²) in [4.78, 5) is 13.0. The van der Waals surface area contributed by atoms with Crippen LogP contribution in [0.15, 0.2) is 72.8 Å². The third kappa shape index (κ3) is 8.37. The van der Waals surface area contributed by atoms with Gasteiger partial charge in [-0.15, -0.1) is 0 Å². The molecule has 174 valence electrons. The van der Waals surface area contributed by atoms with Gasteiger partial charge in [-0.05, 0) is 54.4 Å². The maximum absolute atomic E-state index is 11.2. The van der Waals surface area contributed by atoms with Crippen LogP contribution in [0.3, 0.4) is 0 Å². The van der Waals surface area contributed by atoms with E-state index in [-0.39, 0.29) is 12.6 Å². The van der Waals surface area contributed by atoms with Crippen LogP contribution < -0.4 is 4.74 Å². The number of carboxylic acids is 1. The summed E-state index contributed by atoms with van der Waals surface area (Å²) in [5.41, 5.74) is 3.09. The van der Waals surface area contributed by atoms with Crippen molar-refractivity contribution in [2.24, 2.45) is 0 Å². The minimum absolute atomic E-state index is 0.0514. The molecule has 0 fully saturated rings. The Kier molecular flexibility index (Phi) is 9.58. The smallest absolute Gasteiger partial charge is 0.317 e. The molecule has 1 atom stereocenters. The highest BCUT2D eigenvalue weighted by atomic mass is 35.5. The molecule has 5 nitrogen and oxygen atoms in total. The molecule has 0 aromatic heterocycles. The lowest BCUT2D eigenvalue weighted by Crippen LogP contribution is -2.40. The average Bonchev–Trinajstić information content (AvgIpc) is 2.80. The van der Waals surface area contributed by atoms with E-state index in [1.54, 1.807) is 19.2 Å². The Balaban J connectivity index is 1.57. The Morgan fingerprint density at radius 2 is 1.61 bits per heavy atom. The van der Waals surface area contributed by atoms with Gasteiger partial charge in [0.2, 0.25) is 0 Å². The van der Waals surface area contributed by atoms with Crippen LogP contribution in [-0.2, 0) is 29.2 Å². The molecule has 33 heavy (non-hydrogen) atoms. The number of benzene rings is 3. The number of rotatable bonds is 12. The number of carboxylic acid groups (broad SMARTS) is 1. The Morgan fingerprint density at radius 3 is 2.27 bits per heavy atom. The molecule has 3 aromatic carbocycles. The minimum Gasteiger partial charge on any atom is -0.489 e. The van der Waals surface area contributed by atoms with Crippen molar-refractivity contribution in [2.75, 3.05) is 20.2 Å². The molecule has 0 heterocycles. The zero-order valence-corrected chi connectivity index (χ0v) is 19.9. The second-order valence-electron chi connectivity index (χ2n) is 7.85.